The molecule has 0 radical (unpaired) electrons. The molecule has 0 N–H and O–H groups in total. The normalized spacial score (nSPS) is 18.6. The summed E-state index contributed by atoms with van der Waals surface area (Å²) in [5, 5.41) is 0. The molecular formula is C22H34N4O2. The zero-order valence-electron chi connectivity index (χ0n) is 17.4. The molecular weight excluding hydrogens is 352 g/mol. The lowest BCUT2D eigenvalue weighted by Gasteiger charge is -2.35. The van der Waals surface area contributed by atoms with Crippen LogP contribution >= 0.6 is 0 Å². The van der Waals surface area contributed by atoms with Gasteiger partial charge in [0.25, 0.3) is 5.91 Å². The van der Waals surface area contributed by atoms with E-state index in [1.807, 2.05) is 41.1 Å². The number of piperazine rings is 1. The Balaban J connectivity index is 1.47. The fourth-order valence-electron chi connectivity index (χ4n) is 3.94. The molecule has 2 saturated heterocycles. The molecule has 1 aromatic carbocycles. The van der Waals surface area contributed by atoms with Crippen LogP contribution < -0.4 is 4.90 Å². The van der Waals surface area contributed by atoms with Crippen molar-refractivity contribution in [2.75, 3.05) is 64.3 Å². The fourth-order valence-corrected chi connectivity index (χ4v) is 3.94. The largest absolute Gasteiger partial charge is 0.375 e. The van der Waals surface area contributed by atoms with E-state index in [1.165, 1.54) is 12.8 Å². The Labute approximate surface area is 169 Å². The third-order valence-corrected chi connectivity index (χ3v) is 6.01. The molecule has 28 heavy (non-hydrogen) atoms. The predicted molar refractivity (Wildman–Crippen MR) is 113 cm³/mol. The molecule has 0 aliphatic carbocycles. The highest BCUT2D eigenvalue weighted by molar-refractivity contribution is 5.94. The number of carbonyl (C=O) groups excluding carboxylic acids is 2. The van der Waals surface area contributed by atoms with Gasteiger partial charge in [-0.15, -0.1) is 0 Å². The van der Waals surface area contributed by atoms with Crippen molar-refractivity contribution in [2.45, 2.75) is 32.6 Å². The number of nitrogens with zero attached hydrogens (tertiary/aromatic N) is 4. The monoisotopic (exact) mass is 386 g/mol. The maximum absolute atomic E-state index is 12.8. The number of hydrogen-bond donors (Lipinski definition) is 0. The van der Waals surface area contributed by atoms with Gasteiger partial charge in [0.05, 0.1) is 6.54 Å². The van der Waals surface area contributed by atoms with Crippen molar-refractivity contribution in [3.05, 3.63) is 29.8 Å². The molecule has 6 nitrogen and oxygen atoms in total. The summed E-state index contributed by atoms with van der Waals surface area (Å²) in [5.41, 5.74) is 1.86. The van der Waals surface area contributed by atoms with Gasteiger partial charge in [-0.1, -0.05) is 12.8 Å². The van der Waals surface area contributed by atoms with Crippen molar-refractivity contribution < 1.29 is 9.59 Å². The first-order chi connectivity index (χ1) is 13.6. The molecule has 2 heterocycles. The van der Waals surface area contributed by atoms with Crippen LogP contribution in [-0.2, 0) is 4.79 Å². The molecule has 2 aliphatic rings. The summed E-state index contributed by atoms with van der Waals surface area (Å²) >= 11 is 0. The highest BCUT2D eigenvalue weighted by Crippen LogP contribution is 2.16. The molecule has 2 fully saturated rings. The van der Waals surface area contributed by atoms with E-state index in [-0.39, 0.29) is 11.8 Å². The van der Waals surface area contributed by atoms with E-state index >= 15 is 0 Å². The lowest BCUT2D eigenvalue weighted by atomic mass is 10.1. The second-order valence-corrected chi connectivity index (χ2v) is 7.92. The number of hydrogen-bond acceptors (Lipinski definition) is 4. The second-order valence-electron chi connectivity index (χ2n) is 7.92. The summed E-state index contributed by atoms with van der Waals surface area (Å²) in [6.07, 6.45) is 4.72. The average Bonchev–Trinajstić information content (AvgIpc) is 3.03. The third kappa shape index (κ3) is 5.25. The van der Waals surface area contributed by atoms with Crippen molar-refractivity contribution in [1.29, 1.82) is 0 Å². The SMILES string of the molecule is CCN(C)c1ccc(C(=O)N2CCN(CC(=O)N3CCCCCC3)CC2)cc1. The fraction of sp³-hybridized carbons (Fsp3) is 0.636. The molecule has 0 aromatic heterocycles. The van der Waals surface area contributed by atoms with Gasteiger partial charge in [-0.05, 0) is 44.0 Å². The minimum Gasteiger partial charge on any atom is -0.375 e. The van der Waals surface area contributed by atoms with Crippen LogP contribution in [0.2, 0.25) is 0 Å². The van der Waals surface area contributed by atoms with Crippen molar-refractivity contribution in [3.8, 4) is 0 Å². The Hall–Kier alpha value is -2.08. The lowest BCUT2D eigenvalue weighted by molar-refractivity contribution is -0.132. The van der Waals surface area contributed by atoms with Gasteiger partial charge in [0.2, 0.25) is 5.91 Å². The van der Waals surface area contributed by atoms with Crippen LogP contribution in [-0.4, -0.2) is 85.9 Å². The van der Waals surface area contributed by atoms with E-state index in [0.717, 1.165) is 56.8 Å². The van der Waals surface area contributed by atoms with Gasteiger partial charge in [-0.3, -0.25) is 14.5 Å². The third-order valence-electron chi connectivity index (χ3n) is 6.01. The smallest absolute Gasteiger partial charge is 0.253 e. The molecule has 6 heteroatoms. The van der Waals surface area contributed by atoms with E-state index in [2.05, 4.69) is 16.7 Å². The van der Waals surface area contributed by atoms with Crippen LogP contribution in [0.4, 0.5) is 5.69 Å². The van der Waals surface area contributed by atoms with Crippen molar-refractivity contribution in [2.24, 2.45) is 0 Å². The average molecular weight is 387 g/mol. The predicted octanol–water partition coefficient (Wildman–Crippen LogP) is 2.30. The molecule has 0 bridgehead atoms. The number of carbonyl (C=O) groups is 2. The number of likely N-dealkylation sites (tertiary alicyclic amines) is 1. The summed E-state index contributed by atoms with van der Waals surface area (Å²) in [6, 6.07) is 7.85. The molecule has 3 rings (SSSR count). The maximum atomic E-state index is 12.8. The zero-order chi connectivity index (χ0) is 19.9. The number of rotatable bonds is 5. The van der Waals surface area contributed by atoms with Gasteiger partial charge < -0.3 is 14.7 Å². The Morgan fingerprint density at radius 3 is 2.04 bits per heavy atom. The number of benzene rings is 1. The van der Waals surface area contributed by atoms with Crippen LogP contribution in [0.1, 0.15) is 43.0 Å². The standard InChI is InChI=1S/C22H34N4O2/c1-3-23(2)20-10-8-19(9-11-20)22(28)26-16-14-24(15-17-26)18-21(27)25-12-6-4-5-7-13-25/h8-11H,3-7,12-18H2,1-2H3. The lowest BCUT2D eigenvalue weighted by Crippen LogP contribution is -2.51. The summed E-state index contributed by atoms with van der Waals surface area (Å²) in [4.78, 5) is 33.6. The molecule has 0 atom stereocenters. The van der Waals surface area contributed by atoms with E-state index in [4.69, 9.17) is 0 Å². The minimum atomic E-state index is 0.0872. The minimum absolute atomic E-state index is 0.0872. The topological polar surface area (TPSA) is 47.1 Å². The molecule has 0 saturated carbocycles. The van der Waals surface area contributed by atoms with Gasteiger partial charge in [0, 0.05) is 64.1 Å². The maximum Gasteiger partial charge on any atom is 0.253 e. The Bertz CT molecular complexity index is 645. The first-order valence-electron chi connectivity index (χ1n) is 10.7. The van der Waals surface area contributed by atoms with E-state index in [9.17, 15) is 9.59 Å². The van der Waals surface area contributed by atoms with Gasteiger partial charge in [0.1, 0.15) is 0 Å². The summed E-state index contributed by atoms with van der Waals surface area (Å²) in [6.45, 7) is 8.23. The van der Waals surface area contributed by atoms with Gasteiger partial charge >= 0.3 is 0 Å². The highest BCUT2D eigenvalue weighted by Gasteiger charge is 2.25. The Kier molecular flexibility index (Phi) is 7.31. The summed E-state index contributed by atoms with van der Waals surface area (Å²) in [7, 11) is 2.04. The second kappa shape index (κ2) is 9.92. The first-order valence-corrected chi connectivity index (χ1v) is 10.7. The van der Waals surface area contributed by atoms with Crippen LogP contribution in [0.5, 0.6) is 0 Å². The quantitative estimate of drug-likeness (QED) is 0.779. The number of anilines is 1. The van der Waals surface area contributed by atoms with Crippen LogP contribution in [0, 0.1) is 0 Å². The molecule has 1 aromatic rings. The zero-order valence-corrected chi connectivity index (χ0v) is 17.4. The van der Waals surface area contributed by atoms with Crippen LogP contribution in [0.25, 0.3) is 0 Å². The molecule has 2 aliphatic heterocycles. The summed E-state index contributed by atoms with van der Waals surface area (Å²) < 4.78 is 0. The number of amides is 2. The highest BCUT2D eigenvalue weighted by atomic mass is 16.2. The van der Waals surface area contributed by atoms with E-state index < -0.39 is 0 Å². The molecule has 154 valence electrons. The first kappa shape index (κ1) is 20.6. The molecule has 0 spiro atoms. The van der Waals surface area contributed by atoms with Gasteiger partial charge in [-0.2, -0.15) is 0 Å². The van der Waals surface area contributed by atoms with Crippen molar-refractivity contribution in [3.63, 3.8) is 0 Å². The van der Waals surface area contributed by atoms with Crippen molar-refractivity contribution >= 4 is 17.5 Å². The Morgan fingerprint density at radius 1 is 0.857 bits per heavy atom. The van der Waals surface area contributed by atoms with E-state index in [0.29, 0.717) is 19.6 Å². The van der Waals surface area contributed by atoms with Crippen LogP contribution in [0.3, 0.4) is 0 Å². The van der Waals surface area contributed by atoms with Crippen LogP contribution in [0.15, 0.2) is 24.3 Å². The molecule has 2 amide bonds. The summed E-state index contributed by atoms with van der Waals surface area (Å²) in [5.74, 6) is 0.335. The van der Waals surface area contributed by atoms with Gasteiger partial charge in [0.15, 0.2) is 0 Å². The van der Waals surface area contributed by atoms with E-state index in [1.54, 1.807) is 0 Å². The van der Waals surface area contributed by atoms with Crippen molar-refractivity contribution in [1.82, 2.24) is 14.7 Å². The van der Waals surface area contributed by atoms with Gasteiger partial charge in [-0.25, -0.2) is 0 Å². The Morgan fingerprint density at radius 2 is 1.46 bits per heavy atom. The molecule has 0 unspecified atom stereocenters.